The molecule has 2 N–H and O–H groups in total. The number of nitrogens with zero attached hydrogens (tertiary/aromatic N) is 1. The van der Waals surface area contributed by atoms with Crippen LogP contribution in [0.15, 0.2) is 0 Å². The summed E-state index contributed by atoms with van der Waals surface area (Å²) < 4.78 is 0. The molecule has 0 bridgehead atoms. The quantitative estimate of drug-likeness (QED) is 0.722. The van der Waals surface area contributed by atoms with E-state index >= 15 is 0 Å². The first-order chi connectivity index (χ1) is 7.03. The maximum atomic E-state index is 9.86. The Hall–Kier alpha value is -0.120. The van der Waals surface area contributed by atoms with Gasteiger partial charge in [-0.3, -0.25) is 4.90 Å². The van der Waals surface area contributed by atoms with Crippen LogP contribution in [0.25, 0.3) is 0 Å². The second kappa shape index (κ2) is 5.83. The normalized spacial score (nSPS) is 24.4. The van der Waals surface area contributed by atoms with E-state index in [0.717, 1.165) is 19.6 Å². The first kappa shape index (κ1) is 12.9. The van der Waals surface area contributed by atoms with Gasteiger partial charge in [0.05, 0.1) is 5.60 Å². The van der Waals surface area contributed by atoms with Gasteiger partial charge < -0.3 is 10.4 Å². The number of nitrogens with one attached hydrogen (secondary N) is 1. The molecule has 90 valence electrons. The van der Waals surface area contributed by atoms with Crippen LogP contribution in [-0.2, 0) is 0 Å². The van der Waals surface area contributed by atoms with Crippen molar-refractivity contribution in [3.63, 3.8) is 0 Å². The summed E-state index contributed by atoms with van der Waals surface area (Å²) in [5.74, 6) is 0. The zero-order valence-electron chi connectivity index (χ0n) is 10.4. The minimum absolute atomic E-state index is 0.560. The summed E-state index contributed by atoms with van der Waals surface area (Å²) in [5.41, 5.74) is -0.560. The predicted octanol–water partition coefficient (Wildman–Crippen LogP) is 1.22. The molecule has 1 atom stereocenters. The lowest BCUT2D eigenvalue weighted by molar-refractivity contribution is 0.00839. The zero-order valence-corrected chi connectivity index (χ0v) is 10.4. The lowest BCUT2D eigenvalue weighted by Crippen LogP contribution is -2.47. The number of aliphatic hydroxyl groups is 1. The Morgan fingerprint density at radius 3 is 2.73 bits per heavy atom. The van der Waals surface area contributed by atoms with Crippen LogP contribution in [0, 0.1) is 0 Å². The molecule has 0 saturated carbocycles. The summed E-state index contributed by atoms with van der Waals surface area (Å²) >= 11 is 0. The van der Waals surface area contributed by atoms with Crippen LogP contribution in [0.2, 0.25) is 0 Å². The molecule has 1 unspecified atom stereocenters. The molecule has 3 nitrogen and oxygen atoms in total. The van der Waals surface area contributed by atoms with Gasteiger partial charge in [-0.05, 0) is 53.2 Å². The van der Waals surface area contributed by atoms with Crippen LogP contribution in [0.3, 0.4) is 0 Å². The second-order valence-electron chi connectivity index (χ2n) is 5.32. The number of likely N-dealkylation sites (tertiary alicyclic amines) is 1. The highest BCUT2D eigenvalue weighted by atomic mass is 16.3. The third kappa shape index (κ3) is 4.96. The molecule has 0 spiro atoms. The molecule has 0 amide bonds. The fraction of sp³-hybridized carbons (Fsp3) is 1.00. The average Bonchev–Trinajstić information content (AvgIpc) is 2.14. The third-order valence-corrected chi connectivity index (χ3v) is 3.07. The van der Waals surface area contributed by atoms with Crippen LogP contribution >= 0.6 is 0 Å². The van der Waals surface area contributed by atoms with Gasteiger partial charge in [-0.15, -0.1) is 0 Å². The first-order valence-corrected chi connectivity index (χ1v) is 6.14. The fourth-order valence-electron chi connectivity index (χ4n) is 2.40. The highest BCUT2D eigenvalue weighted by molar-refractivity contribution is 4.82. The van der Waals surface area contributed by atoms with Crippen LogP contribution < -0.4 is 5.32 Å². The van der Waals surface area contributed by atoms with E-state index < -0.39 is 5.60 Å². The van der Waals surface area contributed by atoms with E-state index in [1.807, 2.05) is 20.9 Å². The van der Waals surface area contributed by atoms with Crippen molar-refractivity contribution < 1.29 is 5.11 Å². The number of rotatable bonds is 5. The molecular formula is C12H26N2O. The average molecular weight is 214 g/mol. The van der Waals surface area contributed by atoms with Gasteiger partial charge >= 0.3 is 0 Å². The van der Waals surface area contributed by atoms with E-state index in [1.54, 1.807) is 0 Å². The molecular weight excluding hydrogens is 188 g/mol. The molecule has 0 aromatic carbocycles. The molecule has 0 aromatic rings. The van der Waals surface area contributed by atoms with Crippen LogP contribution in [-0.4, -0.2) is 48.3 Å². The van der Waals surface area contributed by atoms with E-state index in [-0.39, 0.29) is 0 Å². The standard InChI is InChI=1S/C12H26N2O/c1-12(2,15)10-14-9-5-4-6-11(14)7-8-13-3/h11,13,15H,4-10H2,1-3H3. The molecule has 1 aliphatic heterocycles. The van der Waals surface area contributed by atoms with E-state index in [9.17, 15) is 5.11 Å². The maximum Gasteiger partial charge on any atom is 0.0718 e. The fourth-order valence-corrected chi connectivity index (χ4v) is 2.40. The Balaban J connectivity index is 2.42. The lowest BCUT2D eigenvalue weighted by atomic mass is 9.97. The van der Waals surface area contributed by atoms with Crippen molar-refractivity contribution in [2.24, 2.45) is 0 Å². The monoisotopic (exact) mass is 214 g/mol. The van der Waals surface area contributed by atoms with Crippen LogP contribution in [0.1, 0.15) is 39.5 Å². The molecule has 15 heavy (non-hydrogen) atoms. The smallest absolute Gasteiger partial charge is 0.0718 e. The Bertz CT molecular complexity index is 177. The molecule has 0 aliphatic carbocycles. The lowest BCUT2D eigenvalue weighted by Gasteiger charge is -2.39. The van der Waals surface area contributed by atoms with Gasteiger partial charge in [0, 0.05) is 12.6 Å². The van der Waals surface area contributed by atoms with E-state index in [4.69, 9.17) is 0 Å². The van der Waals surface area contributed by atoms with E-state index in [0.29, 0.717) is 6.04 Å². The molecule has 0 radical (unpaired) electrons. The van der Waals surface area contributed by atoms with Gasteiger partial charge in [0.1, 0.15) is 0 Å². The summed E-state index contributed by atoms with van der Waals surface area (Å²) in [4.78, 5) is 2.46. The maximum absolute atomic E-state index is 9.86. The van der Waals surface area contributed by atoms with Crippen molar-refractivity contribution in [1.82, 2.24) is 10.2 Å². The van der Waals surface area contributed by atoms with E-state index in [2.05, 4.69) is 10.2 Å². The van der Waals surface area contributed by atoms with E-state index in [1.165, 1.54) is 25.7 Å². The Kier molecular flexibility index (Phi) is 5.03. The summed E-state index contributed by atoms with van der Waals surface area (Å²) in [5, 5.41) is 13.1. The summed E-state index contributed by atoms with van der Waals surface area (Å²) in [6, 6.07) is 0.664. The summed E-state index contributed by atoms with van der Waals surface area (Å²) in [6.07, 6.45) is 5.12. The molecule has 0 aromatic heterocycles. The number of β-amino-alcohol motifs (C(OH)–C–C–N with tert-alkyl or cyclic N) is 1. The van der Waals surface area contributed by atoms with Crippen molar-refractivity contribution in [3.8, 4) is 0 Å². The van der Waals surface area contributed by atoms with Gasteiger partial charge in [0.25, 0.3) is 0 Å². The van der Waals surface area contributed by atoms with Gasteiger partial charge in [0.2, 0.25) is 0 Å². The molecule has 1 aliphatic rings. The minimum Gasteiger partial charge on any atom is -0.389 e. The van der Waals surface area contributed by atoms with Crippen molar-refractivity contribution in [3.05, 3.63) is 0 Å². The highest BCUT2D eigenvalue weighted by Crippen LogP contribution is 2.21. The molecule has 1 saturated heterocycles. The zero-order chi connectivity index (χ0) is 11.3. The largest absolute Gasteiger partial charge is 0.389 e. The summed E-state index contributed by atoms with van der Waals surface area (Å²) in [7, 11) is 2.00. The molecule has 3 heteroatoms. The minimum atomic E-state index is -0.560. The Morgan fingerprint density at radius 1 is 1.40 bits per heavy atom. The van der Waals surface area contributed by atoms with Crippen molar-refractivity contribution in [2.45, 2.75) is 51.2 Å². The third-order valence-electron chi connectivity index (χ3n) is 3.07. The predicted molar refractivity (Wildman–Crippen MR) is 64.1 cm³/mol. The highest BCUT2D eigenvalue weighted by Gasteiger charge is 2.26. The SMILES string of the molecule is CNCCC1CCCCN1CC(C)(C)O. The second-order valence-corrected chi connectivity index (χ2v) is 5.32. The number of hydrogen-bond donors (Lipinski definition) is 2. The van der Waals surface area contributed by atoms with Crippen molar-refractivity contribution in [1.29, 1.82) is 0 Å². The molecule has 1 rings (SSSR count). The number of piperidine rings is 1. The number of hydrogen-bond acceptors (Lipinski definition) is 3. The Labute approximate surface area is 93.9 Å². The van der Waals surface area contributed by atoms with Gasteiger partial charge in [-0.25, -0.2) is 0 Å². The van der Waals surface area contributed by atoms with Gasteiger partial charge in [-0.2, -0.15) is 0 Å². The van der Waals surface area contributed by atoms with Gasteiger partial charge in [-0.1, -0.05) is 6.42 Å². The van der Waals surface area contributed by atoms with Crippen molar-refractivity contribution >= 4 is 0 Å². The topological polar surface area (TPSA) is 35.5 Å². The summed E-state index contributed by atoms with van der Waals surface area (Å²) in [6.45, 7) is 6.83. The first-order valence-electron chi connectivity index (χ1n) is 6.14. The molecule has 1 fully saturated rings. The Morgan fingerprint density at radius 2 is 2.13 bits per heavy atom. The van der Waals surface area contributed by atoms with Crippen LogP contribution in [0.5, 0.6) is 0 Å². The van der Waals surface area contributed by atoms with Crippen molar-refractivity contribution in [2.75, 3.05) is 26.7 Å². The van der Waals surface area contributed by atoms with Gasteiger partial charge in [0.15, 0.2) is 0 Å². The van der Waals surface area contributed by atoms with Crippen LogP contribution in [0.4, 0.5) is 0 Å². The molecule has 1 heterocycles.